The van der Waals surface area contributed by atoms with Gasteiger partial charge >= 0.3 is 5.97 Å². The van der Waals surface area contributed by atoms with E-state index in [0.717, 1.165) is 58.4 Å². The molecule has 1 heterocycles. The van der Waals surface area contributed by atoms with Crippen LogP contribution in [0.15, 0.2) is 35.4 Å². The third-order valence-electron chi connectivity index (χ3n) is 8.32. The molecule has 4 nitrogen and oxygen atoms in total. The second-order valence-electron chi connectivity index (χ2n) is 11.4. The van der Waals surface area contributed by atoms with Crippen molar-refractivity contribution < 1.29 is 13.9 Å². The van der Waals surface area contributed by atoms with Crippen molar-refractivity contribution in [1.29, 1.82) is 0 Å². The molecule has 1 aliphatic heterocycles. The van der Waals surface area contributed by atoms with Crippen molar-refractivity contribution >= 4 is 11.7 Å². The Labute approximate surface area is 191 Å². The van der Waals surface area contributed by atoms with Gasteiger partial charge in [0, 0.05) is 43.8 Å². The van der Waals surface area contributed by atoms with Crippen molar-refractivity contribution in [2.45, 2.75) is 65.0 Å². The van der Waals surface area contributed by atoms with Crippen LogP contribution < -0.4 is 4.90 Å². The molecular weight excluding hydrogens is 403 g/mol. The first kappa shape index (κ1) is 21.9. The number of hydrogen-bond acceptors (Lipinski definition) is 4. The lowest BCUT2D eigenvalue weighted by Crippen LogP contribution is -2.65. The zero-order chi connectivity index (χ0) is 22.6. The zero-order valence-corrected chi connectivity index (χ0v) is 19.9. The topological polar surface area (TPSA) is 32.8 Å². The van der Waals surface area contributed by atoms with Gasteiger partial charge in [0.05, 0.1) is 12.2 Å². The summed E-state index contributed by atoms with van der Waals surface area (Å²) in [4.78, 5) is 16.9. The summed E-state index contributed by atoms with van der Waals surface area (Å²) in [5.74, 6) is -0.258. The minimum Gasteiger partial charge on any atom is -0.462 e. The highest BCUT2D eigenvalue weighted by Crippen LogP contribution is 2.74. The number of ether oxygens (including phenoxy) is 1. The van der Waals surface area contributed by atoms with Gasteiger partial charge in [-0.3, -0.25) is 4.90 Å². The number of anilines is 1. The Morgan fingerprint density at radius 3 is 2.31 bits per heavy atom. The van der Waals surface area contributed by atoms with Gasteiger partial charge in [-0.15, -0.1) is 0 Å². The molecule has 3 saturated carbocycles. The van der Waals surface area contributed by atoms with Crippen LogP contribution in [0.1, 0.15) is 69.7 Å². The van der Waals surface area contributed by atoms with Gasteiger partial charge in [0.1, 0.15) is 5.67 Å². The maximum absolute atomic E-state index is 14.3. The van der Waals surface area contributed by atoms with Crippen LogP contribution in [0.5, 0.6) is 0 Å². The van der Waals surface area contributed by atoms with Crippen LogP contribution in [0.4, 0.5) is 10.1 Å². The molecule has 1 saturated heterocycles. The second-order valence-corrected chi connectivity index (χ2v) is 11.4. The fourth-order valence-electron chi connectivity index (χ4n) is 6.51. The van der Waals surface area contributed by atoms with Gasteiger partial charge < -0.3 is 9.64 Å². The lowest BCUT2D eigenvalue weighted by Gasteiger charge is -2.68. The van der Waals surface area contributed by atoms with Gasteiger partial charge in [-0.25, -0.2) is 9.18 Å². The minimum atomic E-state index is -0.825. The summed E-state index contributed by atoms with van der Waals surface area (Å²) in [6.45, 7) is 12.1. The van der Waals surface area contributed by atoms with Gasteiger partial charge in [0.25, 0.3) is 0 Å². The van der Waals surface area contributed by atoms with Gasteiger partial charge in [-0.05, 0) is 75.1 Å². The highest BCUT2D eigenvalue weighted by atomic mass is 19.1. The Morgan fingerprint density at radius 2 is 1.72 bits per heavy atom. The van der Waals surface area contributed by atoms with Crippen LogP contribution in [-0.4, -0.2) is 55.9 Å². The Bertz CT molecular complexity index is 892. The van der Waals surface area contributed by atoms with Gasteiger partial charge in [0.2, 0.25) is 0 Å². The summed E-state index contributed by atoms with van der Waals surface area (Å²) >= 11 is 0. The summed E-state index contributed by atoms with van der Waals surface area (Å²) in [7, 11) is 0. The Hall–Kier alpha value is -1.88. The summed E-state index contributed by atoms with van der Waals surface area (Å²) < 4.78 is 19.4. The first-order valence-corrected chi connectivity index (χ1v) is 12.4. The number of nitrogens with zero attached hydrogens (tertiary/aromatic N) is 2. The van der Waals surface area contributed by atoms with Crippen LogP contribution in [0, 0.1) is 10.8 Å². The van der Waals surface area contributed by atoms with E-state index in [-0.39, 0.29) is 11.4 Å². The predicted molar refractivity (Wildman–Crippen MR) is 126 cm³/mol. The van der Waals surface area contributed by atoms with Crippen molar-refractivity contribution in [3.63, 3.8) is 0 Å². The van der Waals surface area contributed by atoms with E-state index in [1.807, 2.05) is 31.2 Å². The summed E-state index contributed by atoms with van der Waals surface area (Å²) in [5, 5.41) is 0. The van der Waals surface area contributed by atoms with E-state index in [1.54, 1.807) is 11.1 Å². The van der Waals surface area contributed by atoms with Crippen molar-refractivity contribution in [3.8, 4) is 0 Å². The molecule has 1 aromatic rings. The number of carbonyl (C=O) groups excluding carboxylic acids is 1. The molecule has 0 aromatic heterocycles. The SMILES string of the molecule is CCOC(=O)c1ccc(N2CCN(CC3=C(C45CC(F)(C4)C5)CC(C)(C)CC3)CC2)cc1. The van der Waals surface area contributed by atoms with Crippen LogP contribution in [0.25, 0.3) is 0 Å². The van der Waals surface area contributed by atoms with Crippen molar-refractivity contribution in [2.24, 2.45) is 10.8 Å². The quantitative estimate of drug-likeness (QED) is 0.439. The number of benzene rings is 1. The first-order valence-electron chi connectivity index (χ1n) is 12.4. The normalized spacial score (nSPS) is 31.7. The molecule has 32 heavy (non-hydrogen) atoms. The lowest BCUT2D eigenvalue weighted by molar-refractivity contribution is -0.193. The molecule has 0 spiro atoms. The monoisotopic (exact) mass is 440 g/mol. The number of hydrogen-bond donors (Lipinski definition) is 0. The van der Waals surface area contributed by atoms with Crippen molar-refractivity contribution in [3.05, 3.63) is 41.0 Å². The lowest BCUT2D eigenvalue weighted by atomic mass is 9.38. The number of esters is 1. The van der Waals surface area contributed by atoms with Crippen LogP contribution in [0.2, 0.25) is 0 Å². The molecule has 5 aliphatic rings. The molecule has 0 radical (unpaired) electrons. The third kappa shape index (κ3) is 3.98. The summed E-state index contributed by atoms with van der Waals surface area (Å²) in [6.07, 6.45) is 5.93. The highest BCUT2D eigenvalue weighted by Gasteiger charge is 2.70. The molecule has 174 valence electrons. The van der Waals surface area contributed by atoms with Crippen LogP contribution in [-0.2, 0) is 4.74 Å². The largest absolute Gasteiger partial charge is 0.462 e. The Kier molecular flexibility index (Phi) is 5.39. The molecular formula is C27H37FN2O2. The molecule has 2 bridgehead atoms. The van der Waals surface area contributed by atoms with Gasteiger partial charge in [-0.2, -0.15) is 0 Å². The van der Waals surface area contributed by atoms with Gasteiger partial charge in [0.15, 0.2) is 0 Å². The molecule has 1 aromatic carbocycles. The molecule has 0 unspecified atom stereocenters. The molecule has 4 fully saturated rings. The number of halogens is 1. The zero-order valence-electron chi connectivity index (χ0n) is 19.9. The molecule has 6 rings (SSSR count). The molecule has 0 amide bonds. The fourth-order valence-corrected chi connectivity index (χ4v) is 6.51. The average Bonchev–Trinajstić information content (AvgIpc) is 2.73. The van der Waals surface area contributed by atoms with Gasteiger partial charge in [-0.1, -0.05) is 25.0 Å². The summed E-state index contributed by atoms with van der Waals surface area (Å²) in [5.41, 5.74) is 4.77. The summed E-state index contributed by atoms with van der Waals surface area (Å²) in [6, 6.07) is 7.78. The van der Waals surface area contributed by atoms with Crippen LogP contribution in [0.3, 0.4) is 0 Å². The van der Waals surface area contributed by atoms with E-state index in [2.05, 4.69) is 23.6 Å². The smallest absolute Gasteiger partial charge is 0.338 e. The maximum atomic E-state index is 14.3. The Balaban J connectivity index is 1.21. The number of carbonyl (C=O) groups is 1. The average molecular weight is 441 g/mol. The number of allylic oxidation sites excluding steroid dienone is 1. The second kappa shape index (κ2) is 7.86. The number of piperazine rings is 1. The van der Waals surface area contributed by atoms with E-state index in [0.29, 0.717) is 17.6 Å². The highest BCUT2D eigenvalue weighted by molar-refractivity contribution is 5.89. The maximum Gasteiger partial charge on any atom is 0.338 e. The van der Waals surface area contributed by atoms with E-state index < -0.39 is 5.67 Å². The Morgan fingerprint density at radius 1 is 1.06 bits per heavy atom. The number of alkyl halides is 1. The van der Waals surface area contributed by atoms with Crippen LogP contribution >= 0.6 is 0 Å². The van der Waals surface area contributed by atoms with Crippen molar-refractivity contribution in [2.75, 3.05) is 44.2 Å². The molecule has 5 heteroatoms. The van der Waals surface area contributed by atoms with E-state index in [4.69, 9.17) is 4.74 Å². The third-order valence-corrected chi connectivity index (χ3v) is 8.32. The molecule has 0 atom stereocenters. The first-order chi connectivity index (χ1) is 15.2. The minimum absolute atomic E-state index is 0.213. The number of rotatable bonds is 6. The van der Waals surface area contributed by atoms with E-state index in [1.165, 1.54) is 18.5 Å². The molecule has 0 N–H and O–H groups in total. The molecule has 4 aliphatic carbocycles. The predicted octanol–water partition coefficient (Wildman–Crippen LogP) is 5.38. The fraction of sp³-hybridized carbons (Fsp3) is 0.667. The standard InChI is InChI=1S/C27H37FN2O2/c1-4-32-24(31)20-5-7-22(8-6-20)30-13-11-29(12-14-30)16-21-9-10-25(2,3)15-23(21)26-17-27(28,18-26)19-26/h5-8H,4,9-19H2,1-3H3. The van der Waals surface area contributed by atoms with E-state index >= 15 is 0 Å². The van der Waals surface area contributed by atoms with E-state index in [9.17, 15) is 9.18 Å². The van der Waals surface area contributed by atoms with Crippen molar-refractivity contribution in [1.82, 2.24) is 4.90 Å².